The number of rotatable bonds is 8. The normalized spacial score (nSPS) is 10.4. The smallest absolute Gasteiger partial charge is 0.225 e. The van der Waals surface area contributed by atoms with Gasteiger partial charge in [0.2, 0.25) is 11.8 Å². The van der Waals surface area contributed by atoms with Gasteiger partial charge in [0, 0.05) is 41.9 Å². The van der Waals surface area contributed by atoms with Crippen LogP contribution >= 0.6 is 23.0 Å². The van der Waals surface area contributed by atoms with Gasteiger partial charge < -0.3 is 17.1 Å². The second kappa shape index (κ2) is 12.4. The molecule has 36 heavy (non-hydrogen) atoms. The van der Waals surface area contributed by atoms with Crippen molar-refractivity contribution in [3.63, 3.8) is 0 Å². The molecule has 0 amide bonds. The Balaban J connectivity index is 0.00000148. The van der Waals surface area contributed by atoms with Crippen LogP contribution in [0.1, 0.15) is 25.0 Å². The number of aromatic nitrogens is 2. The van der Waals surface area contributed by atoms with Crippen molar-refractivity contribution in [1.82, 2.24) is 9.55 Å². The molecule has 0 atom stereocenters. The summed E-state index contributed by atoms with van der Waals surface area (Å²) in [4.78, 5) is 4.75. The lowest BCUT2D eigenvalue weighted by Crippen LogP contribution is -2.02. The monoisotopic (exact) mass is 592 g/mol. The van der Waals surface area contributed by atoms with E-state index in [1.165, 1.54) is 0 Å². The Morgan fingerprint density at radius 1 is 0.750 bits per heavy atom. The molecule has 5 rings (SSSR count). The maximum Gasteiger partial charge on any atom is 0.225 e. The van der Waals surface area contributed by atoms with Crippen LogP contribution in [0.25, 0.3) is 22.0 Å². The lowest BCUT2D eigenvalue weighted by molar-refractivity contribution is 0.268. The molecule has 0 radical (unpaired) electrons. The Morgan fingerprint density at radius 2 is 1.39 bits per heavy atom. The lowest BCUT2D eigenvalue weighted by Gasteiger charge is -2.13. The fourth-order valence-electron chi connectivity index (χ4n) is 3.90. The average Bonchev–Trinajstić information content (AvgIpc) is 3.28. The summed E-state index contributed by atoms with van der Waals surface area (Å²) in [6.07, 6.45) is 2.10. The summed E-state index contributed by atoms with van der Waals surface area (Å²) < 4.78 is 19.7. The van der Waals surface area contributed by atoms with Gasteiger partial charge in [-0.05, 0) is 29.3 Å². The van der Waals surface area contributed by atoms with Gasteiger partial charge in [0.1, 0.15) is 19.0 Å². The van der Waals surface area contributed by atoms with Gasteiger partial charge >= 0.3 is 0 Å². The highest BCUT2D eigenvalue weighted by molar-refractivity contribution is 14.1. The van der Waals surface area contributed by atoms with Crippen molar-refractivity contribution in [1.29, 1.82) is 0 Å². The van der Waals surface area contributed by atoms with E-state index in [4.69, 9.17) is 17.5 Å². The van der Waals surface area contributed by atoms with Crippen LogP contribution in [0.5, 0.6) is 17.5 Å². The molecule has 0 unspecified atom stereocenters. The molecule has 0 aliphatic carbocycles. The fraction of sp³-hybridized carbons (Fsp3) is 0.167. The second-order valence-electron chi connectivity index (χ2n) is 7.96. The highest BCUT2D eigenvalue weighted by Crippen LogP contribution is 2.38. The van der Waals surface area contributed by atoms with Gasteiger partial charge in [-0.1, -0.05) is 74.5 Å². The Bertz CT molecular complexity index is 1400. The van der Waals surface area contributed by atoms with Crippen LogP contribution in [0, 0.1) is 0 Å². The highest BCUT2D eigenvalue weighted by Gasteiger charge is 2.17. The number of fused-ring (bicyclic) bond motifs is 1. The fourth-order valence-corrected chi connectivity index (χ4v) is 4.18. The summed E-state index contributed by atoms with van der Waals surface area (Å²) in [6, 6.07) is 30.1. The van der Waals surface area contributed by atoms with Crippen LogP contribution in [0.4, 0.5) is 0 Å². The van der Waals surface area contributed by atoms with Gasteiger partial charge in [-0.25, -0.2) is 0 Å². The summed E-state index contributed by atoms with van der Waals surface area (Å²) in [5.41, 5.74) is 5.19. The number of aryl methyl sites for hydroxylation is 1. The average molecular weight is 592 g/mol. The summed E-state index contributed by atoms with van der Waals surface area (Å²) in [5, 5.41) is 1.10. The molecule has 0 fully saturated rings. The molecule has 0 N–H and O–H groups in total. The molecule has 2 aromatic heterocycles. The van der Waals surface area contributed by atoms with E-state index in [9.17, 15) is 0 Å². The van der Waals surface area contributed by atoms with E-state index in [1.54, 1.807) is 0 Å². The summed E-state index contributed by atoms with van der Waals surface area (Å²) >= 11 is 1.90. The van der Waals surface area contributed by atoms with Crippen LogP contribution in [0.3, 0.4) is 0 Å². The van der Waals surface area contributed by atoms with Gasteiger partial charge in [-0.15, -0.1) is 0 Å². The summed E-state index contributed by atoms with van der Waals surface area (Å²) in [5.74, 6) is 1.87. The maximum absolute atomic E-state index is 6.25. The van der Waals surface area contributed by atoms with Crippen molar-refractivity contribution in [3.05, 3.63) is 108 Å². The zero-order valence-corrected chi connectivity index (χ0v) is 22.8. The van der Waals surface area contributed by atoms with E-state index >= 15 is 0 Å². The number of hydrogen-bond acceptors (Lipinski definition) is 4. The topological polar surface area (TPSA) is 45.5 Å². The van der Waals surface area contributed by atoms with E-state index in [0.717, 1.165) is 38.9 Å². The second-order valence-corrected chi connectivity index (χ2v) is 8.40. The first kappa shape index (κ1) is 25.6. The molecule has 3 aromatic carbocycles. The zero-order chi connectivity index (χ0) is 25.3. The van der Waals surface area contributed by atoms with Gasteiger partial charge in [-0.2, -0.15) is 4.98 Å². The minimum Gasteiger partial charge on any atom is -0.473 e. The third-order valence-electron chi connectivity index (χ3n) is 5.62. The molecule has 0 saturated heterocycles. The van der Waals surface area contributed by atoms with E-state index < -0.39 is 0 Å². The molecule has 0 spiro atoms. The Labute approximate surface area is 226 Å². The zero-order valence-electron chi connectivity index (χ0n) is 20.6. The molecule has 0 aliphatic rings. The lowest BCUT2D eigenvalue weighted by atomic mass is 10.1. The van der Waals surface area contributed by atoms with Crippen LogP contribution < -0.4 is 12.5 Å². The maximum atomic E-state index is 6.25. The Kier molecular flexibility index (Phi) is 8.84. The predicted octanol–water partition coefficient (Wildman–Crippen LogP) is 8.15. The molecule has 6 heteroatoms. The molecular weight excluding hydrogens is 563 g/mol. The van der Waals surface area contributed by atoms with Gasteiger partial charge in [0.05, 0.1) is 5.52 Å². The van der Waals surface area contributed by atoms with Crippen LogP contribution in [0.15, 0.2) is 97.2 Å². The first-order valence-electron chi connectivity index (χ1n) is 11.9. The number of halogens is 1. The molecule has 2 heterocycles. The van der Waals surface area contributed by atoms with Crippen molar-refractivity contribution in [2.75, 3.05) is 0 Å². The minimum absolute atomic E-state index is 0.417. The number of benzene rings is 3. The SMILES string of the molecule is CC.Cn1cc(-c2ccc(OCc3ccccc3)nc2OCc2ccccc2)c2ccc(OI)cc21. The third kappa shape index (κ3) is 5.99. The van der Waals surface area contributed by atoms with Crippen molar-refractivity contribution in [2.45, 2.75) is 27.1 Å². The van der Waals surface area contributed by atoms with Crippen molar-refractivity contribution < 1.29 is 12.5 Å². The first-order chi connectivity index (χ1) is 17.7. The quantitative estimate of drug-likeness (QED) is 0.171. The number of nitrogens with zero attached hydrogens (tertiary/aromatic N) is 2. The van der Waals surface area contributed by atoms with E-state index in [1.807, 2.05) is 129 Å². The molecule has 5 aromatic rings. The van der Waals surface area contributed by atoms with Crippen LogP contribution in [0.2, 0.25) is 0 Å². The number of pyridine rings is 1. The van der Waals surface area contributed by atoms with Gasteiger partial charge in [0.15, 0.2) is 23.0 Å². The molecule has 0 aliphatic heterocycles. The van der Waals surface area contributed by atoms with E-state index in [-0.39, 0.29) is 0 Å². The highest BCUT2D eigenvalue weighted by atomic mass is 127. The molecule has 0 bridgehead atoms. The van der Waals surface area contributed by atoms with E-state index in [2.05, 4.69) is 16.8 Å². The largest absolute Gasteiger partial charge is 0.473 e. The molecule has 184 valence electrons. The van der Waals surface area contributed by atoms with Gasteiger partial charge in [-0.3, -0.25) is 0 Å². The van der Waals surface area contributed by atoms with Gasteiger partial charge in [0.25, 0.3) is 0 Å². The Morgan fingerprint density at radius 3 is 2.03 bits per heavy atom. The predicted molar refractivity (Wildman–Crippen MR) is 154 cm³/mol. The summed E-state index contributed by atoms with van der Waals surface area (Å²) in [6.45, 7) is 4.86. The minimum atomic E-state index is 0.417. The summed E-state index contributed by atoms with van der Waals surface area (Å²) in [7, 11) is 2.03. The third-order valence-corrected chi connectivity index (χ3v) is 6.13. The standard InChI is InChI=1S/C28H23IN2O3.C2H6/c1-31-17-25(23-13-12-22(34-29)16-26(23)31)24-14-15-27(32-18-20-8-4-2-5-9-20)30-28(24)33-19-21-10-6-3-7-11-21;1-2/h2-17H,18-19H2,1H3;1-2H3. The van der Waals surface area contributed by atoms with Crippen LogP contribution in [-0.2, 0) is 20.3 Å². The molecule has 5 nitrogen and oxygen atoms in total. The van der Waals surface area contributed by atoms with Crippen molar-refractivity contribution >= 4 is 33.9 Å². The number of hydrogen-bond donors (Lipinski definition) is 0. The van der Waals surface area contributed by atoms with Crippen molar-refractivity contribution in [2.24, 2.45) is 7.05 Å². The van der Waals surface area contributed by atoms with Crippen molar-refractivity contribution in [3.8, 4) is 28.6 Å². The van der Waals surface area contributed by atoms with E-state index in [0.29, 0.717) is 25.0 Å². The molecule has 0 saturated carbocycles. The molecular formula is C30H29IN2O3. The first-order valence-corrected chi connectivity index (χ1v) is 12.8. The van der Waals surface area contributed by atoms with Crippen LogP contribution in [-0.4, -0.2) is 9.55 Å². The number of ether oxygens (including phenoxy) is 2. The Hall–Kier alpha value is -3.52.